The lowest BCUT2D eigenvalue weighted by Gasteiger charge is -2.44. The van der Waals surface area contributed by atoms with E-state index < -0.39 is 28.7 Å². The van der Waals surface area contributed by atoms with Gasteiger partial charge in [-0.1, -0.05) is 36.4 Å². The molecule has 0 spiro atoms. The van der Waals surface area contributed by atoms with Crippen LogP contribution in [0, 0.1) is 6.61 Å². The molecule has 8 nitrogen and oxygen atoms in total. The molecule has 0 unspecified atom stereocenters. The zero-order valence-corrected chi connectivity index (χ0v) is 20.3. The molecule has 0 aromatic heterocycles. The summed E-state index contributed by atoms with van der Waals surface area (Å²) in [6.45, 7) is 5.26. The Morgan fingerprint density at radius 1 is 1.06 bits per heavy atom. The SMILES string of the molecule is COc1cccc(OC)c1C(=O)N[C@@H]1C(=O)N2[C@@H]1SC(C)(C)[C@@H]2C(=O)O[CH]Cc1ccccc1. The van der Waals surface area contributed by atoms with E-state index in [4.69, 9.17) is 14.2 Å². The number of methoxy groups -OCH3 is 2. The summed E-state index contributed by atoms with van der Waals surface area (Å²) in [6, 6.07) is 13.1. The zero-order chi connectivity index (χ0) is 24.5. The normalized spacial score (nSPS) is 22.4. The Bertz CT molecular complexity index is 1070. The van der Waals surface area contributed by atoms with Crippen molar-refractivity contribution in [3.8, 4) is 11.5 Å². The van der Waals surface area contributed by atoms with Crippen LogP contribution in [0.5, 0.6) is 11.5 Å². The minimum atomic E-state index is -0.766. The molecule has 0 bridgehead atoms. The smallest absolute Gasteiger partial charge is 0.330 e. The van der Waals surface area contributed by atoms with E-state index in [-0.39, 0.29) is 16.8 Å². The van der Waals surface area contributed by atoms with E-state index in [1.54, 1.807) is 18.2 Å². The Labute approximate surface area is 202 Å². The Morgan fingerprint density at radius 3 is 2.32 bits per heavy atom. The Balaban J connectivity index is 1.43. The Morgan fingerprint density at radius 2 is 1.71 bits per heavy atom. The van der Waals surface area contributed by atoms with Gasteiger partial charge in [0, 0.05) is 11.2 Å². The quantitative estimate of drug-likeness (QED) is 0.456. The van der Waals surface area contributed by atoms with Gasteiger partial charge in [0.05, 0.1) is 14.2 Å². The summed E-state index contributed by atoms with van der Waals surface area (Å²) in [7, 11) is 2.92. The molecule has 2 fully saturated rings. The topological polar surface area (TPSA) is 94.2 Å². The van der Waals surface area contributed by atoms with Crippen molar-refractivity contribution in [3.63, 3.8) is 0 Å². The number of amides is 2. The minimum Gasteiger partial charge on any atom is -0.496 e. The van der Waals surface area contributed by atoms with Gasteiger partial charge in [-0.3, -0.25) is 9.59 Å². The number of hydrogen-bond acceptors (Lipinski definition) is 7. The van der Waals surface area contributed by atoms with Crippen LogP contribution in [0.2, 0.25) is 0 Å². The van der Waals surface area contributed by atoms with Crippen LogP contribution in [-0.4, -0.2) is 59.1 Å². The third kappa shape index (κ3) is 4.32. The molecule has 3 atom stereocenters. The fourth-order valence-electron chi connectivity index (χ4n) is 4.31. The van der Waals surface area contributed by atoms with Gasteiger partial charge < -0.3 is 24.4 Å². The summed E-state index contributed by atoms with van der Waals surface area (Å²) in [5, 5.41) is 2.42. The molecule has 4 rings (SSSR count). The van der Waals surface area contributed by atoms with E-state index >= 15 is 0 Å². The van der Waals surface area contributed by atoms with Crippen molar-refractivity contribution in [1.82, 2.24) is 10.2 Å². The molecule has 34 heavy (non-hydrogen) atoms. The van der Waals surface area contributed by atoms with Crippen molar-refractivity contribution < 1.29 is 28.6 Å². The summed E-state index contributed by atoms with van der Waals surface area (Å²) >= 11 is 1.47. The molecule has 2 aromatic rings. The highest BCUT2D eigenvalue weighted by Crippen LogP contribution is 2.51. The Kier molecular flexibility index (Phi) is 6.74. The van der Waals surface area contributed by atoms with Crippen LogP contribution in [0.3, 0.4) is 0 Å². The van der Waals surface area contributed by atoms with Gasteiger partial charge in [0.15, 0.2) is 0 Å². The van der Waals surface area contributed by atoms with Gasteiger partial charge in [-0.25, -0.2) is 4.79 Å². The second-order valence-corrected chi connectivity index (χ2v) is 10.3. The Hall–Kier alpha value is -3.20. The molecule has 1 N–H and O–H groups in total. The van der Waals surface area contributed by atoms with Gasteiger partial charge in [-0.05, 0) is 31.5 Å². The highest BCUT2D eigenvalue weighted by molar-refractivity contribution is 8.01. The zero-order valence-electron chi connectivity index (χ0n) is 19.4. The van der Waals surface area contributed by atoms with Crippen molar-refractivity contribution in [2.75, 3.05) is 14.2 Å². The number of nitrogens with zero attached hydrogens (tertiary/aromatic N) is 1. The number of fused-ring (bicyclic) bond motifs is 1. The number of carbonyl (C=O) groups is 3. The number of nitrogens with one attached hydrogen (secondary N) is 1. The second kappa shape index (κ2) is 9.58. The molecule has 179 valence electrons. The highest BCUT2D eigenvalue weighted by Gasteiger charge is 2.64. The van der Waals surface area contributed by atoms with Gasteiger partial charge in [-0.15, -0.1) is 11.8 Å². The van der Waals surface area contributed by atoms with Crippen LogP contribution in [0.1, 0.15) is 29.8 Å². The molecular formula is C25H27N2O6S. The van der Waals surface area contributed by atoms with Crippen molar-refractivity contribution >= 4 is 29.5 Å². The number of hydrogen-bond donors (Lipinski definition) is 1. The molecule has 1 radical (unpaired) electrons. The first-order chi connectivity index (χ1) is 16.3. The van der Waals surface area contributed by atoms with E-state index in [1.165, 1.54) is 37.5 Å². The molecular weight excluding hydrogens is 456 g/mol. The average Bonchev–Trinajstić information content (AvgIpc) is 3.10. The molecule has 2 aliphatic rings. The van der Waals surface area contributed by atoms with Crippen molar-refractivity contribution in [1.29, 1.82) is 0 Å². The van der Waals surface area contributed by atoms with Crippen LogP contribution < -0.4 is 14.8 Å². The van der Waals surface area contributed by atoms with Crippen LogP contribution in [0.25, 0.3) is 0 Å². The predicted octanol–water partition coefficient (Wildman–Crippen LogP) is 2.81. The summed E-state index contributed by atoms with van der Waals surface area (Å²) in [4.78, 5) is 40.5. The van der Waals surface area contributed by atoms with E-state index in [0.29, 0.717) is 17.9 Å². The van der Waals surface area contributed by atoms with E-state index in [0.717, 1.165) is 5.56 Å². The minimum absolute atomic E-state index is 0.215. The molecule has 9 heteroatoms. The number of rotatable bonds is 8. The largest absolute Gasteiger partial charge is 0.496 e. The molecule has 2 heterocycles. The van der Waals surface area contributed by atoms with Gasteiger partial charge in [0.25, 0.3) is 5.91 Å². The molecule has 2 amide bonds. The van der Waals surface area contributed by atoms with Crippen molar-refractivity contribution in [2.45, 2.75) is 42.5 Å². The summed E-state index contributed by atoms with van der Waals surface area (Å²) in [6.07, 6.45) is 0.476. The second-order valence-electron chi connectivity index (χ2n) is 8.54. The van der Waals surface area contributed by atoms with Crippen LogP contribution >= 0.6 is 11.8 Å². The van der Waals surface area contributed by atoms with Gasteiger partial charge in [-0.2, -0.15) is 0 Å². The van der Waals surface area contributed by atoms with E-state index in [2.05, 4.69) is 5.32 Å². The highest BCUT2D eigenvalue weighted by atomic mass is 32.2. The summed E-state index contributed by atoms with van der Waals surface area (Å²) in [5.74, 6) is -0.603. The number of β-lactam (4-membered cyclic amide) rings is 1. The lowest BCUT2D eigenvalue weighted by Crippen LogP contribution is -2.70. The van der Waals surface area contributed by atoms with Crippen LogP contribution in [0.4, 0.5) is 0 Å². The first-order valence-corrected chi connectivity index (χ1v) is 11.7. The maximum Gasteiger partial charge on any atom is 0.330 e. The maximum atomic E-state index is 13.0. The molecule has 2 saturated heterocycles. The molecule has 2 aromatic carbocycles. The third-order valence-corrected chi connectivity index (χ3v) is 7.54. The van der Waals surface area contributed by atoms with Crippen LogP contribution in [-0.2, 0) is 20.7 Å². The first-order valence-electron chi connectivity index (χ1n) is 10.9. The average molecular weight is 484 g/mol. The van der Waals surface area contributed by atoms with E-state index in [1.807, 2.05) is 44.2 Å². The standard InChI is InChI=1S/C25H27N2O6S/c1-25(2)20(24(30)33-14-13-15-9-6-5-7-10-15)27-22(29)19(23(27)34-25)26-21(28)18-16(31-3)11-8-12-17(18)32-4/h5-12,14,19-20,23H,13H2,1-4H3,(H,26,28)/t19-,20+,23-/m1/s1. The predicted molar refractivity (Wildman–Crippen MR) is 127 cm³/mol. The van der Waals surface area contributed by atoms with Gasteiger partial charge in [0.1, 0.15) is 41.1 Å². The third-order valence-electron chi connectivity index (χ3n) is 5.97. The summed E-state index contributed by atoms with van der Waals surface area (Å²) in [5.41, 5.74) is 1.23. The van der Waals surface area contributed by atoms with Crippen LogP contribution in [0.15, 0.2) is 48.5 Å². The molecule has 0 saturated carbocycles. The maximum absolute atomic E-state index is 13.0. The van der Waals surface area contributed by atoms with Crippen molar-refractivity contribution in [3.05, 3.63) is 66.3 Å². The summed E-state index contributed by atoms with van der Waals surface area (Å²) < 4.78 is 15.4. The first kappa shape index (κ1) is 23.9. The molecule has 2 aliphatic heterocycles. The lowest BCUT2D eigenvalue weighted by molar-refractivity contribution is -0.161. The molecule has 0 aliphatic carbocycles. The van der Waals surface area contributed by atoms with Crippen molar-refractivity contribution in [2.24, 2.45) is 0 Å². The lowest BCUT2D eigenvalue weighted by atomic mass is 9.95. The number of thioether (sulfide) groups is 1. The van der Waals surface area contributed by atoms with Gasteiger partial charge in [0.2, 0.25) is 5.91 Å². The number of esters is 1. The fraction of sp³-hybridized carbons (Fsp3) is 0.360. The monoisotopic (exact) mass is 483 g/mol. The van der Waals surface area contributed by atoms with Gasteiger partial charge >= 0.3 is 5.97 Å². The number of carbonyl (C=O) groups excluding carboxylic acids is 3. The van der Waals surface area contributed by atoms with E-state index in [9.17, 15) is 14.4 Å². The number of ether oxygens (including phenoxy) is 3. The number of benzene rings is 2. The fourth-order valence-corrected chi connectivity index (χ4v) is 5.93.